The number of benzene rings is 1. The molecule has 1 heterocycles. The van der Waals surface area contributed by atoms with Crippen LogP contribution < -0.4 is 5.73 Å². The average molecular weight is 233 g/mol. The van der Waals surface area contributed by atoms with Gasteiger partial charge >= 0.3 is 0 Å². The third-order valence-electron chi connectivity index (χ3n) is 3.16. The number of allylic oxidation sites excluding steroid dienone is 1. The average Bonchev–Trinajstić information content (AvgIpc) is 2.69. The molecule has 2 atom stereocenters. The summed E-state index contributed by atoms with van der Waals surface area (Å²) in [6.07, 6.45) is 2.10. The van der Waals surface area contributed by atoms with Crippen LogP contribution in [0.25, 0.3) is 0 Å². The fraction of sp³-hybridized carbons (Fsp3) is 0.429. The van der Waals surface area contributed by atoms with Gasteiger partial charge in [0.1, 0.15) is 0 Å². The summed E-state index contributed by atoms with van der Waals surface area (Å²) >= 11 is 1.94. The normalized spacial score (nSPS) is 20.5. The van der Waals surface area contributed by atoms with Gasteiger partial charge in [-0.3, -0.25) is 0 Å². The molecule has 2 heteroatoms. The largest absolute Gasteiger partial charge is 0.327 e. The number of hydrogen-bond acceptors (Lipinski definition) is 2. The van der Waals surface area contributed by atoms with Crippen molar-refractivity contribution in [3.8, 4) is 0 Å². The molecule has 0 saturated carbocycles. The molecule has 1 aliphatic rings. The van der Waals surface area contributed by atoms with Crippen LogP contribution in [0.5, 0.6) is 0 Å². The summed E-state index contributed by atoms with van der Waals surface area (Å²) in [6.45, 7) is 6.01. The molecule has 0 saturated heterocycles. The molecule has 2 N–H and O–H groups in total. The van der Waals surface area contributed by atoms with Crippen molar-refractivity contribution in [1.82, 2.24) is 0 Å². The van der Waals surface area contributed by atoms with Crippen LogP contribution in [0.3, 0.4) is 0 Å². The predicted molar refractivity (Wildman–Crippen MR) is 71.9 cm³/mol. The highest BCUT2D eigenvalue weighted by Crippen LogP contribution is 2.41. The van der Waals surface area contributed by atoms with Crippen molar-refractivity contribution in [2.24, 2.45) is 5.73 Å². The molecule has 0 aliphatic carbocycles. The molecule has 2 unspecified atom stereocenters. The van der Waals surface area contributed by atoms with Crippen LogP contribution in [-0.4, -0.2) is 11.8 Å². The highest BCUT2D eigenvalue weighted by Gasteiger charge is 2.27. The van der Waals surface area contributed by atoms with E-state index in [1.165, 1.54) is 16.0 Å². The minimum atomic E-state index is 0.271. The number of nitrogens with two attached hydrogens (primary N) is 1. The van der Waals surface area contributed by atoms with Crippen molar-refractivity contribution >= 4 is 11.8 Å². The second kappa shape index (κ2) is 5.07. The van der Waals surface area contributed by atoms with Gasteiger partial charge in [0.25, 0.3) is 0 Å². The van der Waals surface area contributed by atoms with Crippen LogP contribution in [0.2, 0.25) is 0 Å². The van der Waals surface area contributed by atoms with Gasteiger partial charge in [0.05, 0.1) is 0 Å². The van der Waals surface area contributed by atoms with Crippen LogP contribution in [0.4, 0.5) is 0 Å². The topological polar surface area (TPSA) is 26.0 Å². The fourth-order valence-electron chi connectivity index (χ4n) is 2.16. The standard InChI is InChI=1S/C14H19NS/c1-10(2)7-8-13(15)12-9-16-14-6-4-3-5-11(12)14/h3-6,12-13H,1,7-9,15H2,2H3. The number of thioether (sulfide) groups is 1. The van der Waals surface area contributed by atoms with Crippen molar-refractivity contribution < 1.29 is 0 Å². The first-order valence-electron chi connectivity index (χ1n) is 5.80. The molecule has 2 rings (SSSR count). The monoisotopic (exact) mass is 233 g/mol. The van der Waals surface area contributed by atoms with Gasteiger partial charge in [0, 0.05) is 22.6 Å². The van der Waals surface area contributed by atoms with Gasteiger partial charge in [0.15, 0.2) is 0 Å². The first-order chi connectivity index (χ1) is 7.68. The van der Waals surface area contributed by atoms with Gasteiger partial charge in [-0.25, -0.2) is 0 Å². The molecular formula is C14H19NS. The Labute approximate surface area is 102 Å². The summed E-state index contributed by atoms with van der Waals surface area (Å²) in [5.74, 6) is 1.66. The maximum Gasteiger partial charge on any atom is 0.0119 e. The fourth-order valence-corrected chi connectivity index (χ4v) is 3.50. The van der Waals surface area contributed by atoms with Crippen LogP contribution in [-0.2, 0) is 0 Å². The highest BCUT2D eigenvalue weighted by atomic mass is 32.2. The molecule has 1 aromatic carbocycles. The van der Waals surface area contributed by atoms with E-state index in [0.29, 0.717) is 5.92 Å². The lowest BCUT2D eigenvalue weighted by Gasteiger charge is -2.19. The zero-order chi connectivity index (χ0) is 11.5. The Bertz CT molecular complexity index is 386. The molecule has 1 aliphatic heterocycles. The van der Waals surface area contributed by atoms with Crippen molar-refractivity contribution in [2.45, 2.75) is 36.6 Å². The lowest BCUT2D eigenvalue weighted by atomic mass is 9.90. The maximum atomic E-state index is 6.29. The van der Waals surface area contributed by atoms with Crippen LogP contribution in [0, 0.1) is 0 Å². The molecule has 0 aromatic heterocycles. The van der Waals surface area contributed by atoms with Crippen molar-refractivity contribution in [3.63, 3.8) is 0 Å². The van der Waals surface area contributed by atoms with E-state index in [9.17, 15) is 0 Å². The Morgan fingerprint density at radius 1 is 1.56 bits per heavy atom. The van der Waals surface area contributed by atoms with Crippen LogP contribution in [0.15, 0.2) is 41.3 Å². The van der Waals surface area contributed by atoms with Gasteiger partial charge in [-0.15, -0.1) is 18.3 Å². The molecular weight excluding hydrogens is 214 g/mol. The summed E-state index contributed by atoms with van der Waals surface area (Å²) in [6, 6.07) is 8.91. The second-order valence-corrected chi connectivity index (χ2v) is 5.68. The van der Waals surface area contributed by atoms with Gasteiger partial charge < -0.3 is 5.73 Å². The van der Waals surface area contributed by atoms with Crippen molar-refractivity contribution in [3.05, 3.63) is 42.0 Å². The van der Waals surface area contributed by atoms with Gasteiger partial charge in [-0.05, 0) is 31.4 Å². The molecule has 1 nitrogen and oxygen atoms in total. The number of fused-ring (bicyclic) bond motifs is 1. The van der Waals surface area contributed by atoms with Crippen molar-refractivity contribution in [2.75, 3.05) is 5.75 Å². The first-order valence-corrected chi connectivity index (χ1v) is 6.78. The Kier molecular flexibility index (Phi) is 3.72. The summed E-state index contributed by atoms with van der Waals surface area (Å²) in [4.78, 5) is 1.42. The number of rotatable bonds is 4. The van der Waals surface area contributed by atoms with E-state index in [1.807, 2.05) is 11.8 Å². The van der Waals surface area contributed by atoms with Gasteiger partial charge in [-0.2, -0.15) is 0 Å². The Morgan fingerprint density at radius 2 is 2.31 bits per heavy atom. The minimum Gasteiger partial charge on any atom is -0.327 e. The quantitative estimate of drug-likeness (QED) is 0.805. The zero-order valence-electron chi connectivity index (χ0n) is 9.78. The molecule has 1 aromatic rings. The molecule has 0 radical (unpaired) electrons. The SMILES string of the molecule is C=C(C)CCC(N)C1CSc2ccccc21. The van der Waals surface area contributed by atoms with Crippen LogP contribution >= 0.6 is 11.8 Å². The van der Waals surface area contributed by atoms with E-state index in [2.05, 4.69) is 37.8 Å². The van der Waals surface area contributed by atoms with E-state index >= 15 is 0 Å². The minimum absolute atomic E-state index is 0.271. The zero-order valence-corrected chi connectivity index (χ0v) is 10.6. The lowest BCUT2D eigenvalue weighted by Crippen LogP contribution is -2.28. The highest BCUT2D eigenvalue weighted by molar-refractivity contribution is 7.99. The first kappa shape index (κ1) is 11.7. The molecule has 0 amide bonds. The molecule has 0 fully saturated rings. The van der Waals surface area contributed by atoms with Gasteiger partial charge in [-0.1, -0.05) is 23.8 Å². The summed E-state index contributed by atoms with van der Waals surface area (Å²) < 4.78 is 0. The second-order valence-electron chi connectivity index (χ2n) is 4.61. The summed E-state index contributed by atoms with van der Waals surface area (Å²) in [5.41, 5.74) is 8.96. The van der Waals surface area contributed by atoms with Crippen molar-refractivity contribution in [1.29, 1.82) is 0 Å². The molecule has 86 valence electrons. The van der Waals surface area contributed by atoms with E-state index in [4.69, 9.17) is 5.73 Å². The van der Waals surface area contributed by atoms with Gasteiger partial charge in [0.2, 0.25) is 0 Å². The summed E-state index contributed by atoms with van der Waals surface area (Å²) in [7, 11) is 0. The van der Waals surface area contributed by atoms with E-state index < -0.39 is 0 Å². The van der Waals surface area contributed by atoms with E-state index in [-0.39, 0.29) is 6.04 Å². The molecule has 0 bridgehead atoms. The Hall–Kier alpha value is -0.730. The smallest absolute Gasteiger partial charge is 0.0119 e. The third kappa shape index (κ3) is 2.50. The van der Waals surface area contributed by atoms with E-state index in [0.717, 1.165) is 18.6 Å². The van der Waals surface area contributed by atoms with Crippen LogP contribution in [0.1, 0.15) is 31.2 Å². The summed E-state index contributed by atoms with van der Waals surface area (Å²) in [5, 5.41) is 0. The van der Waals surface area contributed by atoms with E-state index in [1.54, 1.807) is 0 Å². The third-order valence-corrected chi connectivity index (χ3v) is 4.37. The molecule has 16 heavy (non-hydrogen) atoms. The predicted octanol–water partition coefficient (Wildman–Crippen LogP) is 3.56. The Balaban J connectivity index is 2.04. The maximum absolute atomic E-state index is 6.29. The number of hydrogen-bond donors (Lipinski definition) is 1. The molecule has 0 spiro atoms. The lowest BCUT2D eigenvalue weighted by molar-refractivity contribution is 0.534. The Morgan fingerprint density at radius 3 is 3.06 bits per heavy atom.